The summed E-state index contributed by atoms with van der Waals surface area (Å²) in [4.78, 5) is 49.2. The molecule has 2 heterocycles. The van der Waals surface area contributed by atoms with Crippen LogP contribution < -0.4 is 10.6 Å². The molecule has 2 rings (SSSR count). The van der Waals surface area contributed by atoms with Crippen molar-refractivity contribution >= 4 is 51.7 Å². The highest BCUT2D eigenvalue weighted by molar-refractivity contribution is 7.18. The largest absolute Gasteiger partial charge is 0.462 e. The second-order valence-electron chi connectivity index (χ2n) is 6.06. The van der Waals surface area contributed by atoms with E-state index in [1.165, 1.54) is 11.7 Å². The van der Waals surface area contributed by atoms with Gasteiger partial charge in [-0.15, -0.1) is 11.3 Å². The van der Waals surface area contributed by atoms with Crippen molar-refractivity contribution in [2.24, 2.45) is 7.05 Å². The Bertz CT molecular complexity index is 1010. The van der Waals surface area contributed by atoms with Crippen molar-refractivity contribution in [2.45, 2.75) is 20.8 Å². The number of rotatable bonds is 7. The van der Waals surface area contributed by atoms with Crippen molar-refractivity contribution in [3.63, 3.8) is 0 Å². The molecule has 0 spiro atoms. The fourth-order valence-corrected chi connectivity index (χ4v) is 4.02. The van der Waals surface area contributed by atoms with Crippen LogP contribution in [-0.2, 0) is 21.3 Å². The Kier molecular flexibility index (Phi) is 7.57. The van der Waals surface area contributed by atoms with E-state index >= 15 is 0 Å². The van der Waals surface area contributed by atoms with E-state index < -0.39 is 30.4 Å². The van der Waals surface area contributed by atoms with Gasteiger partial charge in [0.05, 0.1) is 22.7 Å². The molecule has 2 aromatic heterocycles. The first-order chi connectivity index (χ1) is 14.1. The van der Waals surface area contributed by atoms with E-state index in [9.17, 15) is 19.2 Å². The molecule has 162 valence electrons. The van der Waals surface area contributed by atoms with E-state index in [1.54, 1.807) is 27.8 Å². The summed E-state index contributed by atoms with van der Waals surface area (Å²) >= 11 is 6.93. The standard InChI is InChI=1S/C18H21ClN4O6S/c1-6-28-17(26)11-8(2)13(15(25)20-4)30-16(11)21-10(24)7-29-18(27)12-9(3)22-23(5)14(12)19/h6-7H2,1-5H3,(H,20,25)(H,21,24). The number of esters is 2. The highest BCUT2D eigenvalue weighted by Gasteiger charge is 2.27. The van der Waals surface area contributed by atoms with Gasteiger partial charge in [-0.2, -0.15) is 5.10 Å². The van der Waals surface area contributed by atoms with Crippen LogP contribution >= 0.6 is 22.9 Å². The van der Waals surface area contributed by atoms with E-state index in [-0.39, 0.29) is 32.8 Å². The first kappa shape index (κ1) is 23.4. The normalized spacial score (nSPS) is 10.5. The number of aryl methyl sites for hydroxylation is 2. The molecule has 30 heavy (non-hydrogen) atoms. The molecule has 0 aromatic carbocycles. The number of ether oxygens (including phenoxy) is 2. The fraction of sp³-hybridized carbons (Fsp3) is 0.389. The number of anilines is 1. The molecule has 0 fully saturated rings. The predicted octanol–water partition coefficient (Wildman–Crippen LogP) is 2.08. The minimum Gasteiger partial charge on any atom is -0.462 e. The summed E-state index contributed by atoms with van der Waals surface area (Å²) in [6.07, 6.45) is 0. The van der Waals surface area contributed by atoms with Gasteiger partial charge >= 0.3 is 11.9 Å². The lowest BCUT2D eigenvalue weighted by atomic mass is 10.1. The summed E-state index contributed by atoms with van der Waals surface area (Å²) in [7, 11) is 3.02. The zero-order chi connectivity index (χ0) is 22.6. The van der Waals surface area contributed by atoms with E-state index in [0.29, 0.717) is 11.3 Å². The maximum atomic E-state index is 12.3. The minimum atomic E-state index is -0.806. The molecule has 0 saturated heterocycles. The van der Waals surface area contributed by atoms with Gasteiger partial charge in [0.1, 0.15) is 15.7 Å². The van der Waals surface area contributed by atoms with E-state index in [2.05, 4.69) is 15.7 Å². The van der Waals surface area contributed by atoms with Crippen LogP contribution in [0.2, 0.25) is 5.15 Å². The Balaban J connectivity index is 2.18. The van der Waals surface area contributed by atoms with Gasteiger partial charge in [-0.25, -0.2) is 9.59 Å². The first-order valence-electron chi connectivity index (χ1n) is 8.80. The molecule has 0 bridgehead atoms. The number of halogens is 1. The maximum absolute atomic E-state index is 12.3. The smallest absolute Gasteiger partial charge is 0.343 e. The van der Waals surface area contributed by atoms with Crippen LogP contribution in [0.25, 0.3) is 0 Å². The van der Waals surface area contributed by atoms with Crippen LogP contribution in [0.3, 0.4) is 0 Å². The van der Waals surface area contributed by atoms with Gasteiger partial charge in [0, 0.05) is 14.1 Å². The van der Waals surface area contributed by atoms with Gasteiger partial charge in [-0.05, 0) is 26.3 Å². The van der Waals surface area contributed by atoms with Gasteiger partial charge in [-0.3, -0.25) is 14.3 Å². The molecule has 2 amide bonds. The zero-order valence-electron chi connectivity index (χ0n) is 17.0. The molecule has 0 atom stereocenters. The molecule has 0 radical (unpaired) electrons. The van der Waals surface area contributed by atoms with E-state index in [4.69, 9.17) is 21.1 Å². The summed E-state index contributed by atoms with van der Waals surface area (Å²) in [6, 6.07) is 0. The molecule has 2 N–H and O–H groups in total. The third-order valence-corrected chi connectivity index (χ3v) is 5.64. The van der Waals surface area contributed by atoms with Crippen LogP contribution in [0.4, 0.5) is 5.00 Å². The number of hydrogen-bond donors (Lipinski definition) is 2. The Morgan fingerprint density at radius 2 is 1.77 bits per heavy atom. The molecule has 0 aliphatic heterocycles. The Morgan fingerprint density at radius 3 is 2.30 bits per heavy atom. The predicted molar refractivity (Wildman–Crippen MR) is 110 cm³/mol. The second-order valence-corrected chi connectivity index (χ2v) is 7.44. The number of aromatic nitrogens is 2. The van der Waals surface area contributed by atoms with Gasteiger partial charge in [0.25, 0.3) is 11.8 Å². The van der Waals surface area contributed by atoms with Gasteiger partial charge < -0.3 is 20.1 Å². The van der Waals surface area contributed by atoms with Crippen molar-refractivity contribution < 1.29 is 28.7 Å². The molecular weight excluding hydrogens is 436 g/mol. The van der Waals surface area contributed by atoms with E-state index in [1.807, 2.05) is 0 Å². The zero-order valence-corrected chi connectivity index (χ0v) is 18.6. The van der Waals surface area contributed by atoms with Gasteiger partial charge in [-0.1, -0.05) is 11.6 Å². The lowest BCUT2D eigenvalue weighted by Gasteiger charge is -2.08. The third-order valence-electron chi connectivity index (χ3n) is 4.00. The summed E-state index contributed by atoms with van der Waals surface area (Å²) in [5.74, 6) is -2.58. The Hall–Kier alpha value is -2.92. The number of carbonyl (C=O) groups is 4. The number of amides is 2. The van der Waals surface area contributed by atoms with Crippen molar-refractivity contribution in [1.82, 2.24) is 15.1 Å². The fourth-order valence-electron chi connectivity index (χ4n) is 2.61. The first-order valence-corrected chi connectivity index (χ1v) is 10.00. The van der Waals surface area contributed by atoms with Crippen molar-refractivity contribution in [1.29, 1.82) is 0 Å². The summed E-state index contributed by atoms with van der Waals surface area (Å²) in [5.41, 5.74) is 0.879. The highest BCUT2D eigenvalue weighted by atomic mass is 35.5. The molecule has 12 heteroatoms. The SMILES string of the molecule is CCOC(=O)c1c(NC(=O)COC(=O)c2c(C)nn(C)c2Cl)sc(C(=O)NC)c1C. The van der Waals surface area contributed by atoms with E-state index in [0.717, 1.165) is 11.3 Å². The second kappa shape index (κ2) is 9.72. The van der Waals surface area contributed by atoms with Crippen LogP contribution in [0.1, 0.15) is 48.6 Å². The number of thiophene rings is 1. The molecule has 0 unspecified atom stereocenters. The number of carbonyl (C=O) groups excluding carboxylic acids is 4. The number of nitrogens with zero attached hydrogens (tertiary/aromatic N) is 2. The Morgan fingerprint density at radius 1 is 1.13 bits per heavy atom. The molecule has 0 aliphatic carbocycles. The third kappa shape index (κ3) is 4.79. The van der Waals surface area contributed by atoms with Gasteiger partial charge in [0.15, 0.2) is 6.61 Å². The summed E-state index contributed by atoms with van der Waals surface area (Å²) in [5, 5.41) is 9.20. The average Bonchev–Trinajstić information content (AvgIpc) is 3.14. The summed E-state index contributed by atoms with van der Waals surface area (Å²) < 4.78 is 11.3. The average molecular weight is 457 g/mol. The minimum absolute atomic E-state index is 0.0630. The van der Waals surface area contributed by atoms with Crippen LogP contribution in [0.5, 0.6) is 0 Å². The van der Waals surface area contributed by atoms with Crippen LogP contribution in [0, 0.1) is 13.8 Å². The van der Waals surface area contributed by atoms with Crippen molar-refractivity contribution in [2.75, 3.05) is 25.6 Å². The quantitative estimate of drug-likeness (QED) is 0.610. The topological polar surface area (TPSA) is 129 Å². The van der Waals surface area contributed by atoms with Crippen LogP contribution in [-0.4, -0.2) is 53.8 Å². The van der Waals surface area contributed by atoms with Crippen LogP contribution in [0.15, 0.2) is 0 Å². The van der Waals surface area contributed by atoms with Crippen molar-refractivity contribution in [3.05, 3.63) is 32.4 Å². The highest BCUT2D eigenvalue weighted by Crippen LogP contribution is 2.33. The lowest BCUT2D eigenvalue weighted by molar-refractivity contribution is -0.119. The molecular formula is C18H21ClN4O6S. The molecule has 0 saturated carbocycles. The molecule has 0 aliphatic rings. The lowest BCUT2D eigenvalue weighted by Crippen LogP contribution is -2.22. The monoisotopic (exact) mass is 456 g/mol. The molecule has 10 nitrogen and oxygen atoms in total. The Labute approximate surface area is 181 Å². The van der Waals surface area contributed by atoms with Crippen molar-refractivity contribution in [3.8, 4) is 0 Å². The summed E-state index contributed by atoms with van der Waals surface area (Å²) in [6.45, 7) is 4.30. The number of hydrogen-bond acceptors (Lipinski definition) is 8. The maximum Gasteiger partial charge on any atom is 0.343 e. The molecule has 2 aromatic rings. The number of nitrogens with one attached hydrogen (secondary N) is 2. The van der Waals surface area contributed by atoms with Gasteiger partial charge in [0.2, 0.25) is 0 Å².